The lowest BCUT2D eigenvalue weighted by molar-refractivity contribution is -0.124. The maximum atomic E-state index is 12.3. The summed E-state index contributed by atoms with van der Waals surface area (Å²) in [5, 5.41) is 3.27. The zero-order valence-electron chi connectivity index (χ0n) is 13.2. The summed E-state index contributed by atoms with van der Waals surface area (Å²) in [7, 11) is 0. The average Bonchev–Trinajstić information content (AvgIpc) is 2.81. The quantitative estimate of drug-likeness (QED) is 0.836. The molecule has 1 amide bonds. The van der Waals surface area contributed by atoms with E-state index in [1.807, 2.05) is 0 Å². The molecule has 0 heterocycles. The predicted molar refractivity (Wildman–Crippen MR) is 83.6 cm³/mol. The van der Waals surface area contributed by atoms with Crippen molar-refractivity contribution >= 4 is 5.91 Å². The number of carbonyl (C=O) groups is 1. The first-order chi connectivity index (χ1) is 10.0. The number of amides is 1. The van der Waals surface area contributed by atoms with Crippen molar-refractivity contribution in [2.24, 2.45) is 28.9 Å². The summed E-state index contributed by atoms with van der Waals surface area (Å²) in [4.78, 5) is 12.3. The first-order valence-electron chi connectivity index (χ1n) is 9.10. The van der Waals surface area contributed by atoms with Gasteiger partial charge in [-0.05, 0) is 74.5 Å². The number of nitrogens with two attached hydrogens (primary N) is 1. The Kier molecular flexibility index (Phi) is 3.33. The van der Waals surface area contributed by atoms with Crippen molar-refractivity contribution in [2.45, 2.75) is 76.2 Å². The SMILES string of the molecule is NC1(CC(=O)NCC23CC4CC(CC(C4)C2)C3)CCCC1. The minimum absolute atomic E-state index is 0.203. The van der Waals surface area contributed by atoms with Gasteiger partial charge in [0, 0.05) is 18.5 Å². The minimum Gasteiger partial charge on any atom is -0.355 e. The molecule has 0 atom stereocenters. The fourth-order valence-electron chi connectivity index (χ4n) is 6.43. The molecule has 5 aliphatic rings. The molecular formula is C18H30N2O. The van der Waals surface area contributed by atoms with Gasteiger partial charge in [0.2, 0.25) is 5.91 Å². The summed E-state index contributed by atoms with van der Waals surface area (Å²) >= 11 is 0. The zero-order valence-corrected chi connectivity index (χ0v) is 13.2. The van der Waals surface area contributed by atoms with Gasteiger partial charge in [0.25, 0.3) is 0 Å². The van der Waals surface area contributed by atoms with Crippen LogP contribution < -0.4 is 11.1 Å². The number of hydrogen-bond acceptors (Lipinski definition) is 2. The average molecular weight is 290 g/mol. The molecule has 0 spiro atoms. The highest BCUT2D eigenvalue weighted by atomic mass is 16.1. The third-order valence-electron chi connectivity index (χ3n) is 6.94. The van der Waals surface area contributed by atoms with Gasteiger partial charge in [-0.1, -0.05) is 12.8 Å². The summed E-state index contributed by atoms with van der Waals surface area (Å²) in [6.07, 6.45) is 13.5. The maximum Gasteiger partial charge on any atom is 0.221 e. The molecule has 5 aliphatic carbocycles. The van der Waals surface area contributed by atoms with Crippen molar-refractivity contribution in [3.8, 4) is 0 Å². The first kappa shape index (κ1) is 14.0. The summed E-state index contributed by atoms with van der Waals surface area (Å²) in [5.41, 5.74) is 6.58. The van der Waals surface area contributed by atoms with Gasteiger partial charge in [-0.15, -0.1) is 0 Å². The van der Waals surface area contributed by atoms with Gasteiger partial charge in [0.15, 0.2) is 0 Å². The van der Waals surface area contributed by atoms with Crippen molar-refractivity contribution in [2.75, 3.05) is 6.54 Å². The molecule has 3 N–H and O–H groups in total. The molecule has 5 fully saturated rings. The van der Waals surface area contributed by atoms with Crippen LogP contribution in [0, 0.1) is 23.2 Å². The zero-order chi connectivity index (χ0) is 14.5. The van der Waals surface area contributed by atoms with E-state index in [4.69, 9.17) is 5.73 Å². The van der Waals surface area contributed by atoms with Crippen molar-refractivity contribution in [1.29, 1.82) is 0 Å². The first-order valence-corrected chi connectivity index (χ1v) is 9.10. The second-order valence-electron chi connectivity index (χ2n) is 8.94. The molecule has 3 nitrogen and oxygen atoms in total. The molecule has 5 rings (SSSR count). The molecule has 0 radical (unpaired) electrons. The third kappa shape index (κ3) is 2.74. The van der Waals surface area contributed by atoms with E-state index < -0.39 is 0 Å². The molecule has 0 aromatic carbocycles. The standard InChI is InChI=1S/C18H30N2O/c19-18(3-1-2-4-18)11-16(21)20-12-17-8-13-5-14(9-17)7-15(6-13)10-17/h13-15H,1-12,19H2,(H,20,21). The van der Waals surface area contributed by atoms with Gasteiger partial charge < -0.3 is 11.1 Å². The van der Waals surface area contributed by atoms with Gasteiger partial charge >= 0.3 is 0 Å². The highest BCUT2D eigenvalue weighted by Gasteiger charge is 2.50. The molecule has 5 saturated carbocycles. The second-order valence-corrected chi connectivity index (χ2v) is 8.94. The Morgan fingerprint density at radius 2 is 1.52 bits per heavy atom. The summed E-state index contributed by atoms with van der Waals surface area (Å²) < 4.78 is 0. The number of hydrogen-bond donors (Lipinski definition) is 2. The summed E-state index contributed by atoms with van der Waals surface area (Å²) in [6.45, 7) is 0.922. The molecule has 21 heavy (non-hydrogen) atoms. The Labute approximate surface area is 128 Å². The fraction of sp³-hybridized carbons (Fsp3) is 0.944. The van der Waals surface area contributed by atoms with E-state index in [0.717, 1.165) is 37.1 Å². The van der Waals surface area contributed by atoms with E-state index in [9.17, 15) is 4.79 Å². The molecule has 0 saturated heterocycles. The lowest BCUT2D eigenvalue weighted by atomic mass is 9.49. The smallest absolute Gasteiger partial charge is 0.221 e. The summed E-state index contributed by atoms with van der Waals surface area (Å²) in [5.74, 6) is 3.09. The van der Waals surface area contributed by atoms with E-state index in [-0.39, 0.29) is 11.4 Å². The highest BCUT2D eigenvalue weighted by molar-refractivity contribution is 5.77. The number of nitrogens with one attached hydrogen (secondary N) is 1. The fourth-order valence-corrected chi connectivity index (χ4v) is 6.43. The molecule has 3 heteroatoms. The Morgan fingerprint density at radius 3 is 2.05 bits per heavy atom. The predicted octanol–water partition coefficient (Wildman–Crippen LogP) is 2.98. The monoisotopic (exact) mass is 290 g/mol. The van der Waals surface area contributed by atoms with Crippen molar-refractivity contribution < 1.29 is 4.79 Å². The summed E-state index contributed by atoms with van der Waals surface area (Å²) in [6, 6.07) is 0. The highest BCUT2D eigenvalue weighted by Crippen LogP contribution is 2.59. The van der Waals surface area contributed by atoms with Gasteiger partial charge in [-0.3, -0.25) is 4.79 Å². The Balaban J connectivity index is 1.33. The van der Waals surface area contributed by atoms with Crippen LogP contribution in [0.15, 0.2) is 0 Å². The largest absolute Gasteiger partial charge is 0.355 e. The molecule has 0 unspecified atom stereocenters. The topological polar surface area (TPSA) is 55.1 Å². The van der Waals surface area contributed by atoms with E-state index in [0.29, 0.717) is 11.8 Å². The van der Waals surface area contributed by atoms with Crippen LogP contribution in [0.25, 0.3) is 0 Å². The van der Waals surface area contributed by atoms with Crippen LogP contribution in [0.5, 0.6) is 0 Å². The van der Waals surface area contributed by atoms with Gasteiger partial charge in [-0.2, -0.15) is 0 Å². The molecule has 118 valence electrons. The van der Waals surface area contributed by atoms with Gasteiger partial charge in [0.1, 0.15) is 0 Å². The molecule has 0 aliphatic heterocycles. The maximum absolute atomic E-state index is 12.3. The Hall–Kier alpha value is -0.570. The van der Waals surface area contributed by atoms with Gasteiger partial charge in [0.05, 0.1) is 0 Å². The van der Waals surface area contributed by atoms with Crippen molar-refractivity contribution in [1.82, 2.24) is 5.32 Å². The molecular weight excluding hydrogens is 260 g/mol. The second kappa shape index (κ2) is 4.97. The number of rotatable bonds is 4. The Bertz CT molecular complexity index is 390. The van der Waals surface area contributed by atoms with Crippen LogP contribution in [-0.4, -0.2) is 18.0 Å². The Morgan fingerprint density at radius 1 is 1.00 bits per heavy atom. The van der Waals surface area contributed by atoms with E-state index in [2.05, 4.69) is 5.32 Å². The van der Waals surface area contributed by atoms with Crippen LogP contribution in [0.3, 0.4) is 0 Å². The van der Waals surface area contributed by atoms with Crippen LogP contribution in [0.2, 0.25) is 0 Å². The molecule has 4 bridgehead atoms. The van der Waals surface area contributed by atoms with Crippen LogP contribution in [-0.2, 0) is 4.79 Å². The third-order valence-corrected chi connectivity index (χ3v) is 6.94. The lowest BCUT2D eigenvalue weighted by Gasteiger charge is -2.57. The van der Waals surface area contributed by atoms with E-state index >= 15 is 0 Å². The van der Waals surface area contributed by atoms with Crippen LogP contribution in [0.4, 0.5) is 0 Å². The van der Waals surface area contributed by atoms with Crippen molar-refractivity contribution in [3.63, 3.8) is 0 Å². The molecule has 0 aromatic rings. The minimum atomic E-state index is -0.203. The van der Waals surface area contributed by atoms with Crippen LogP contribution >= 0.6 is 0 Å². The number of carbonyl (C=O) groups excluding carboxylic acids is 1. The molecule has 0 aromatic heterocycles. The van der Waals surface area contributed by atoms with E-state index in [1.165, 1.54) is 51.4 Å². The van der Waals surface area contributed by atoms with Gasteiger partial charge in [-0.25, -0.2) is 0 Å². The lowest BCUT2D eigenvalue weighted by Crippen LogP contribution is -2.52. The van der Waals surface area contributed by atoms with Crippen LogP contribution in [0.1, 0.15) is 70.6 Å². The van der Waals surface area contributed by atoms with E-state index in [1.54, 1.807) is 0 Å². The normalized spacial score (nSPS) is 43.2. The van der Waals surface area contributed by atoms with Crippen molar-refractivity contribution in [3.05, 3.63) is 0 Å².